The Labute approximate surface area is 94.3 Å². The van der Waals surface area contributed by atoms with Crippen molar-refractivity contribution in [3.8, 4) is 11.3 Å². The van der Waals surface area contributed by atoms with E-state index in [9.17, 15) is 0 Å². The van der Waals surface area contributed by atoms with Crippen LogP contribution >= 0.6 is 0 Å². The van der Waals surface area contributed by atoms with Crippen molar-refractivity contribution in [3.05, 3.63) is 30.2 Å². The van der Waals surface area contributed by atoms with Gasteiger partial charge in [0.2, 0.25) is 0 Å². The van der Waals surface area contributed by atoms with Gasteiger partial charge in [0.25, 0.3) is 0 Å². The number of rotatable bonds is 1. The molecule has 4 nitrogen and oxygen atoms in total. The van der Waals surface area contributed by atoms with Crippen molar-refractivity contribution in [3.63, 3.8) is 0 Å². The molecule has 2 aromatic heterocycles. The summed E-state index contributed by atoms with van der Waals surface area (Å²) in [7, 11) is 1.92. The van der Waals surface area contributed by atoms with Gasteiger partial charge in [-0.1, -0.05) is 0 Å². The number of pyridine rings is 1. The number of nitrogens with zero attached hydrogens (tertiary/aromatic N) is 3. The highest BCUT2D eigenvalue weighted by molar-refractivity contribution is 5.62. The molecular formula is C12H14N4. The molecule has 0 amide bonds. The molecule has 0 bridgehead atoms. The Bertz CT molecular complexity index is 515. The van der Waals surface area contributed by atoms with Crippen molar-refractivity contribution >= 4 is 5.69 Å². The molecule has 4 heteroatoms. The van der Waals surface area contributed by atoms with E-state index in [2.05, 4.69) is 21.5 Å². The molecule has 0 spiro atoms. The fourth-order valence-electron chi connectivity index (χ4n) is 2.05. The van der Waals surface area contributed by atoms with E-state index in [-0.39, 0.29) is 0 Å². The molecule has 2 aromatic rings. The molecule has 82 valence electrons. The van der Waals surface area contributed by atoms with Gasteiger partial charge < -0.3 is 5.32 Å². The Hall–Kier alpha value is -1.84. The highest BCUT2D eigenvalue weighted by atomic mass is 15.2. The number of anilines is 1. The highest BCUT2D eigenvalue weighted by Crippen LogP contribution is 2.24. The average molecular weight is 214 g/mol. The highest BCUT2D eigenvalue weighted by Gasteiger charge is 2.11. The first-order chi connectivity index (χ1) is 7.83. The van der Waals surface area contributed by atoms with Gasteiger partial charge in [-0.3, -0.25) is 9.67 Å². The molecule has 0 aliphatic carbocycles. The van der Waals surface area contributed by atoms with Crippen molar-refractivity contribution in [1.82, 2.24) is 14.8 Å². The summed E-state index contributed by atoms with van der Waals surface area (Å²) >= 11 is 0. The maximum absolute atomic E-state index is 4.68. The van der Waals surface area contributed by atoms with Crippen molar-refractivity contribution in [1.29, 1.82) is 0 Å². The molecule has 3 heterocycles. The second-order valence-electron chi connectivity index (χ2n) is 4.12. The smallest absolute Gasteiger partial charge is 0.0738 e. The van der Waals surface area contributed by atoms with Crippen molar-refractivity contribution in [2.24, 2.45) is 7.05 Å². The summed E-state index contributed by atoms with van der Waals surface area (Å²) < 4.78 is 1.80. The first kappa shape index (κ1) is 9.39. The molecule has 16 heavy (non-hydrogen) atoms. The monoisotopic (exact) mass is 214 g/mol. The van der Waals surface area contributed by atoms with Gasteiger partial charge in [-0.15, -0.1) is 0 Å². The number of aryl methyl sites for hydroxylation is 2. The Kier molecular flexibility index (Phi) is 2.13. The lowest BCUT2D eigenvalue weighted by Crippen LogP contribution is -2.13. The SMILES string of the molecule is Cn1cc(-c2ccc3c(n2)CCCN3)cn1. The fraction of sp³-hybridized carbons (Fsp3) is 0.333. The first-order valence-electron chi connectivity index (χ1n) is 5.56. The van der Waals surface area contributed by atoms with E-state index in [1.165, 1.54) is 11.4 Å². The van der Waals surface area contributed by atoms with Crippen LogP contribution in [0, 0.1) is 0 Å². The Balaban J connectivity index is 2.02. The minimum atomic E-state index is 1.01. The van der Waals surface area contributed by atoms with E-state index in [1.807, 2.05) is 25.5 Å². The lowest BCUT2D eigenvalue weighted by molar-refractivity contribution is 0.768. The first-order valence-corrected chi connectivity index (χ1v) is 5.56. The Morgan fingerprint density at radius 3 is 3.12 bits per heavy atom. The van der Waals surface area contributed by atoms with Crippen LogP contribution in [0.3, 0.4) is 0 Å². The molecule has 0 radical (unpaired) electrons. The second-order valence-corrected chi connectivity index (χ2v) is 4.12. The average Bonchev–Trinajstić information content (AvgIpc) is 2.75. The van der Waals surface area contributed by atoms with E-state index in [0.29, 0.717) is 0 Å². The number of fused-ring (bicyclic) bond motifs is 1. The summed E-state index contributed by atoms with van der Waals surface area (Å²) in [6.07, 6.45) is 6.07. The van der Waals surface area contributed by atoms with Gasteiger partial charge in [0, 0.05) is 25.4 Å². The number of aromatic nitrogens is 3. The molecule has 0 atom stereocenters. The third-order valence-corrected chi connectivity index (χ3v) is 2.88. The molecule has 0 fully saturated rings. The van der Waals surface area contributed by atoms with E-state index < -0.39 is 0 Å². The van der Waals surface area contributed by atoms with Gasteiger partial charge in [-0.25, -0.2) is 0 Å². The van der Waals surface area contributed by atoms with Crippen LogP contribution < -0.4 is 5.32 Å². The van der Waals surface area contributed by atoms with E-state index >= 15 is 0 Å². The Morgan fingerprint density at radius 1 is 1.38 bits per heavy atom. The van der Waals surface area contributed by atoms with Gasteiger partial charge in [-0.05, 0) is 25.0 Å². The zero-order valence-electron chi connectivity index (χ0n) is 9.27. The van der Waals surface area contributed by atoms with Crippen LogP contribution in [-0.4, -0.2) is 21.3 Å². The molecule has 1 aliphatic heterocycles. The van der Waals surface area contributed by atoms with Crippen LogP contribution in [0.2, 0.25) is 0 Å². The maximum Gasteiger partial charge on any atom is 0.0738 e. The van der Waals surface area contributed by atoms with Crippen LogP contribution in [0.25, 0.3) is 11.3 Å². The standard InChI is InChI=1S/C12H14N4/c1-16-8-9(7-14-16)10-4-5-11-12(15-10)3-2-6-13-11/h4-5,7-8,13H,2-3,6H2,1H3. The molecule has 0 unspecified atom stereocenters. The summed E-state index contributed by atoms with van der Waals surface area (Å²) in [5.41, 5.74) is 4.44. The topological polar surface area (TPSA) is 42.7 Å². The third kappa shape index (κ3) is 1.56. The van der Waals surface area contributed by atoms with E-state index in [0.717, 1.165) is 30.6 Å². The number of hydrogen-bond acceptors (Lipinski definition) is 3. The van der Waals surface area contributed by atoms with E-state index in [4.69, 9.17) is 0 Å². The predicted octanol–water partition coefficient (Wildman–Crippen LogP) is 1.84. The van der Waals surface area contributed by atoms with Gasteiger partial charge in [0.05, 0.1) is 23.3 Å². The molecule has 0 aromatic carbocycles. The second kappa shape index (κ2) is 3.63. The number of nitrogens with one attached hydrogen (secondary N) is 1. The minimum absolute atomic E-state index is 1.01. The van der Waals surface area contributed by atoms with Gasteiger partial charge >= 0.3 is 0 Å². The molecule has 3 rings (SSSR count). The maximum atomic E-state index is 4.68. The predicted molar refractivity (Wildman–Crippen MR) is 63.2 cm³/mol. The van der Waals surface area contributed by atoms with Crippen LogP contribution in [0.15, 0.2) is 24.5 Å². The van der Waals surface area contributed by atoms with Crippen LogP contribution in [0.1, 0.15) is 12.1 Å². The molecule has 0 saturated heterocycles. The molecule has 1 N–H and O–H groups in total. The third-order valence-electron chi connectivity index (χ3n) is 2.88. The summed E-state index contributed by atoms with van der Waals surface area (Å²) in [5, 5.41) is 7.53. The Morgan fingerprint density at radius 2 is 2.31 bits per heavy atom. The quantitative estimate of drug-likeness (QED) is 0.787. The minimum Gasteiger partial charge on any atom is -0.384 e. The molecule has 1 aliphatic rings. The van der Waals surface area contributed by atoms with Crippen LogP contribution in [0.5, 0.6) is 0 Å². The largest absolute Gasteiger partial charge is 0.384 e. The van der Waals surface area contributed by atoms with Gasteiger partial charge in [-0.2, -0.15) is 5.10 Å². The summed E-state index contributed by atoms with van der Waals surface area (Å²) in [4.78, 5) is 4.68. The van der Waals surface area contributed by atoms with Gasteiger partial charge in [0.1, 0.15) is 0 Å². The summed E-state index contributed by atoms with van der Waals surface area (Å²) in [6.45, 7) is 1.06. The zero-order chi connectivity index (χ0) is 11.0. The normalized spacial score (nSPS) is 14.3. The van der Waals surface area contributed by atoms with Gasteiger partial charge in [0.15, 0.2) is 0 Å². The molecule has 0 saturated carbocycles. The fourth-order valence-corrected chi connectivity index (χ4v) is 2.05. The summed E-state index contributed by atoms with van der Waals surface area (Å²) in [5.74, 6) is 0. The molecular weight excluding hydrogens is 200 g/mol. The van der Waals surface area contributed by atoms with Crippen molar-refractivity contribution in [2.75, 3.05) is 11.9 Å². The summed E-state index contributed by atoms with van der Waals surface area (Å²) in [6, 6.07) is 4.16. The van der Waals surface area contributed by atoms with E-state index in [1.54, 1.807) is 4.68 Å². The van der Waals surface area contributed by atoms with Crippen LogP contribution in [-0.2, 0) is 13.5 Å². The van der Waals surface area contributed by atoms with Crippen LogP contribution in [0.4, 0.5) is 5.69 Å². The lowest BCUT2D eigenvalue weighted by Gasteiger charge is -2.17. The van der Waals surface area contributed by atoms with Crippen molar-refractivity contribution < 1.29 is 0 Å². The number of hydrogen-bond donors (Lipinski definition) is 1. The zero-order valence-corrected chi connectivity index (χ0v) is 9.27. The lowest BCUT2D eigenvalue weighted by atomic mass is 10.1. The van der Waals surface area contributed by atoms with Crippen molar-refractivity contribution in [2.45, 2.75) is 12.8 Å².